The third kappa shape index (κ3) is 4.13. The van der Waals surface area contributed by atoms with Crippen molar-refractivity contribution in [3.63, 3.8) is 0 Å². The van der Waals surface area contributed by atoms with Crippen molar-refractivity contribution < 1.29 is 32.2 Å². The van der Waals surface area contributed by atoms with Crippen molar-refractivity contribution in [2.45, 2.75) is 51.6 Å². The van der Waals surface area contributed by atoms with E-state index >= 15 is 0 Å². The van der Waals surface area contributed by atoms with Crippen LogP contribution in [0.3, 0.4) is 0 Å². The molecule has 1 saturated heterocycles. The average molecular weight is 455 g/mol. The number of benzene rings is 1. The first kappa shape index (κ1) is 22.0. The summed E-state index contributed by atoms with van der Waals surface area (Å²) in [5, 5.41) is 6.83. The highest BCUT2D eigenvalue weighted by molar-refractivity contribution is 6.09. The second-order valence-corrected chi connectivity index (χ2v) is 8.93. The van der Waals surface area contributed by atoms with Crippen molar-refractivity contribution in [1.82, 2.24) is 10.3 Å². The SMILES string of the molecule is C[C@@H]1C(=O)NN=C2COc3cc(C(F)(F)F)c(NC4CN(C(=O)OC(C)(C)C)C4)cc3N21. The fourth-order valence-electron chi connectivity index (χ4n) is 3.69. The number of halogens is 3. The van der Waals surface area contributed by atoms with E-state index in [1.54, 1.807) is 32.6 Å². The molecule has 32 heavy (non-hydrogen) atoms. The van der Waals surface area contributed by atoms with E-state index in [2.05, 4.69) is 15.8 Å². The lowest BCUT2D eigenvalue weighted by Gasteiger charge is -2.41. The predicted molar refractivity (Wildman–Crippen MR) is 110 cm³/mol. The van der Waals surface area contributed by atoms with Gasteiger partial charge in [-0.1, -0.05) is 0 Å². The Morgan fingerprint density at radius 2 is 1.97 bits per heavy atom. The van der Waals surface area contributed by atoms with E-state index in [1.807, 2.05) is 0 Å². The molecule has 12 heteroatoms. The molecule has 0 bridgehead atoms. The molecule has 3 aliphatic rings. The number of carbonyl (C=O) groups excluding carboxylic acids is 2. The molecule has 0 saturated carbocycles. The zero-order chi connectivity index (χ0) is 23.4. The van der Waals surface area contributed by atoms with Crippen molar-refractivity contribution in [2.75, 3.05) is 29.9 Å². The number of alkyl halides is 3. The number of amidine groups is 1. The smallest absolute Gasteiger partial charge is 0.418 e. The maximum atomic E-state index is 13.8. The lowest BCUT2D eigenvalue weighted by Crippen LogP contribution is -2.58. The number of hydrogen-bond donors (Lipinski definition) is 2. The molecule has 0 unspecified atom stereocenters. The third-order valence-corrected chi connectivity index (χ3v) is 5.25. The monoisotopic (exact) mass is 455 g/mol. The number of amides is 2. The van der Waals surface area contributed by atoms with E-state index in [0.29, 0.717) is 11.5 Å². The fraction of sp³-hybridized carbons (Fsp3) is 0.550. The predicted octanol–water partition coefficient (Wildman–Crippen LogP) is 2.77. The zero-order valence-electron chi connectivity index (χ0n) is 18.0. The van der Waals surface area contributed by atoms with Crippen LogP contribution >= 0.6 is 0 Å². The Kier molecular flexibility index (Phi) is 5.13. The largest absolute Gasteiger partial charge is 0.483 e. The molecular formula is C20H24F3N5O4. The van der Waals surface area contributed by atoms with Gasteiger partial charge in [0.1, 0.15) is 24.0 Å². The van der Waals surface area contributed by atoms with Gasteiger partial charge in [-0.05, 0) is 39.8 Å². The van der Waals surface area contributed by atoms with E-state index < -0.39 is 29.5 Å². The first-order valence-electron chi connectivity index (χ1n) is 10.1. The summed E-state index contributed by atoms with van der Waals surface area (Å²) < 4.78 is 52.1. The van der Waals surface area contributed by atoms with E-state index in [9.17, 15) is 22.8 Å². The van der Waals surface area contributed by atoms with Gasteiger partial charge >= 0.3 is 12.3 Å². The summed E-state index contributed by atoms with van der Waals surface area (Å²) in [6.07, 6.45) is -5.14. The number of carbonyl (C=O) groups is 2. The molecule has 9 nitrogen and oxygen atoms in total. The molecule has 0 spiro atoms. The van der Waals surface area contributed by atoms with Crippen LogP contribution in [-0.4, -0.2) is 60.1 Å². The third-order valence-electron chi connectivity index (χ3n) is 5.25. The van der Waals surface area contributed by atoms with E-state index in [4.69, 9.17) is 9.47 Å². The molecule has 2 amide bonds. The molecule has 1 aromatic rings. The van der Waals surface area contributed by atoms with Crippen LogP contribution in [0.2, 0.25) is 0 Å². The average Bonchev–Trinajstić information content (AvgIpc) is 2.63. The minimum atomic E-state index is -4.63. The fourth-order valence-corrected chi connectivity index (χ4v) is 3.69. The summed E-state index contributed by atoms with van der Waals surface area (Å²) in [5.41, 5.74) is 0.987. The van der Waals surface area contributed by atoms with Gasteiger partial charge in [0, 0.05) is 18.8 Å². The molecule has 0 aliphatic carbocycles. The molecule has 4 rings (SSSR count). The van der Waals surface area contributed by atoms with Crippen LogP contribution in [0.1, 0.15) is 33.3 Å². The van der Waals surface area contributed by atoms with E-state index in [0.717, 1.165) is 6.07 Å². The second kappa shape index (κ2) is 7.45. The molecule has 1 atom stereocenters. The molecule has 174 valence electrons. The summed E-state index contributed by atoms with van der Waals surface area (Å²) >= 11 is 0. The summed E-state index contributed by atoms with van der Waals surface area (Å²) in [7, 11) is 0. The minimum absolute atomic E-state index is 0.0207. The molecule has 1 aromatic carbocycles. The van der Waals surface area contributed by atoms with Crippen LogP contribution in [0.5, 0.6) is 5.75 Å². The normalized spacial score (nSPS) is 20.9. The highest BCUT2D eigenvalue weighted by atomic mass is 19.4. The summed E-state index contributed by atoms with van der Waals surface area (Å²) in [6, 6.07) is 1.19. The van der Waals surface area contributed by atoms with Crippen LogP contribution in [0, 0.1) is 0 Å². The van der Waals surface area contributed by atoms with Gasteiger partial charge in [-0.3, -0.25) is 4.79 Å². The van der Waals surface area contributed by atoms with Gasteiger partial charge in [-0.15, -0.1) is 0 Å². The number of fused-ring (bicyclic) bond motifs is 3. The van der Waals surface area contributed by atoms with Crippen molar-refractivity contribution >= 4 is 29.2 Å². The quantitative estimate of drug-likeness (QED) is 0.712. The number of nitrogens with one attached hydrogen (secondary N) is 2. The van der Waals surface area contributed by atoms with Gasteiger partial charge in [0.05, 0.1) is 17.3 Å². The minimum Gasteiger partial charge on any atom is -0.483 e. The number of likely N-dealkylation sites (tertiary alicyclic amines) is 1. The van der Waals surface area contributed by atoms with E-state index in [-0.39, 0.29) is 43.1 Å². The molecule has 1 fully saturated rings. The standard InChI is InChI=1S/C20H24F3N5O4/c1-10-17(29)26-25-16-9-31-15-5-12(20(21,22)23)13(6-14(15)28(10)16)24-11-7-27(8-11)18(30)32-19(2,3)4/h5-6,10-11,24H,7-9H2,1-4H3,(H,26,29)/t10-/m1/s1. The van der Waals surface area contributed by atoms with Gasteiger partial charge < -0.3 is 24.6 Å². The molecule has 2 N–H and O–H groups in total. The number of hydrogen-bond acceptors (Lipinski definition) is 7. The Balaban J connectivity index is 1.59. The molecular weight excluding hydrogens is 431 g/mol. The Labute approximate surface area is 182 Å². The lowest BCUT2D eigenvalue weighted by atomic mass is 10.0. The second-order valence-electron chi connectivity index (χ2n) is 8.93. The number of rotatable bonds is 2. The molecule has 0 aromatic heterocycles. The Hall–Kier alpha value is -3.18. The molecule has 3 heterocycles. The van der Waals surface area contributed by atoms with Gasteiger partial charge in [-0.25, -0.2) is 10.2 Å². The maximum Gasteiger partial charge on any atom is 0.418 e. The molecule has 0 radical (unpaired) electrons. The van der Waals surface area contributed by atoms with Crippen molar-refractivity contribution in [3.05, 3.63) is 17.7 Å². The maximum absolute atomic E-state index is 13.8. The van der Waals surface area contributed by atoms with Crippen LogP contribution in [0.15, 0.2) is 17.2 Å². The lowest BCUT2D eigenvalue weighted by molar-refractivity contribution is -0.137. The van der Waals surface area contributed by atoms with Crippen LogP contribution in [-0.2, 0) is 15.7 Å². The highest BCUT2D eigenvalue weighted by Gasteiger charge is 2.41. The van der Waals surface area contributed by atoms with Gasteiger partial charge in [0.15, 0.2) is 5.84 Å². The Morgan fingerprint density at radius 1 is 1.28 bits per heavy atom. The number of nitrogens with zero attached hydrogens (tertiary/aromatic N) is 3. The Bertz CT molecular complexity index is 983. The van der Waals surface area contributed by atoms with Gasteiger partial charge in [-0.2, -0.15) is 18.3 Å². The molecule has 3 aliphatic heterocycles. The number of anilines is 2. The topological polar surface area (TPSA) is 95.5 Å². The van der Waals surface area contributed by atoms with Crippen LogP contribution < -0.4 is 20.4 Å². The van der Waals surface area contributed by atoms with Gasteiger partial charge in [0.25, 0.3) is 5.91 Å². The van der Waals surface area contributed by atoms with Crippen molar-refractivity contribution in [1.29, 1.82) is 0 Å². The summed E-state index contributed by atoms with van der Waals surface area (Å²) in [4.78, 5) is 27.1. The Morgan fingerprint density at radius 3 is 2.59 bits per heavy atom. The summed E-state index contributed by atoms with van der Waals surface area (Å²) in [5.74, 6) is 0.0467. The zero-order valence-corrected chi connectivity index (χ0v) is 18.0. The van der Waals surface area contributed by atoms with Crippen LogP contribution in [0.4, 0.5) is 29.3 Å². The van der Waals surface area contributed by atoms with Crippen LogP contribution in [0.25, 0.3) is 0 Å². The number of ether oxygens (including phenoxy) is 2. The van der Waals surface area contributed by atoms with Gasteiger partial charge in [0.2, 0.25) is 0 Å². The highest BCUT2D eigenvalue weighted by Crippen LogP contribution is 2.44. The first-order chi connectivity index (χ1) is 14.8. The summed E-state index contributed by atoms with van der Waals surface area (Å²) in [6.45, 7) is 7.20. The van der Waals surface area contributed by atoms with Crippen molar-refractivity contribution in [3.8, 4) is 5.75 Å². The van der Waals surface area contributed by atoms with E-state index in [1.165, 1.54) is 11.0 Å². The van der Waals surface area contributed by atoms with Crippen molar-refractivity contribution in [2.24, 2.45) is 5.10 Å². The number of hydrazone groups is 1. The first-order valence-corrected chi connectivity index (χ1v) is 10.1.